The Bertz CT molecular complexity index is 1010. The van der Waals surface area contributed by atoms with Crippen LogP contribution in [0, 0.1) is 6.92 Å². The van der Waals surface area contributed by atoms with Gasteiger partial charge in [0.15, 0.2) is 11.5 Å². The van der Waals surface area contributed by atoms with Gasteiger partial charge in [0, 0.05) is 17.1 Å². The average Bonchev–Trinajstić information content (AvgIpc) is 2.53. The normalized spacial score (nSPS) is 10.7. The predicted molar refractivity (Wildman–Crippen MR) is 83.6 cm³/mol. The van der Waals surface area contributed by atoms with Gasteiger partial charge in [-0.15, -0.1) is 0 Å². The zero-order chi connectivity index (χ0) is 16.6. The van der Waals surface area contributed by atoms with E-state index in [9.17, 15) is 9.59 Å². The predicted octanol–water partition coefficient (Wildman–Crippen LogP) is 0.795. The Morgan fingerprint density at radius 2 is 1.96 bits per heavy atom. The van der Waals surface area contributed by atoms with Crippen LogP contribution in [0.4, 0.5) is 0 Å². The molecule has 2 aromatic heterocycles. The Hall–Kier alpha value is -3.16. The van der Waals surface area contributed by atoms with Gasteiger partial charge in [-0.2, -0.15) is 9.78 Å². The summed E-state index contributed by atoms with van der Waals surface area (Å²) in [4.78, 5) is 31.0. The van der Waals surface area contributed by atoms with Gasteiger partial charge < -0.3 is 9.47 Å². The molecule has 0 atom stereocenters. The van der Waals surface area contributed by atoms with Crippen LogP contribution in [0.3, 0.4) is 0 Å². The van der Waals surface area contributed by atoms with Crippen molar-refractivity contribution >= 4 is 10.8 Å². The number of nitrogens with one attached hydrogen (secondary N) is 1. The van der Waals surface area contributed by atoms with Gasteiger partial charge in [-0.05, 0) is 19.1 Å². The monoisotopic (exact) mass is 314 g/mol. The molecule has 0 radical (unpaired) electrons. The molecule has 0 aliphatic rings. The van der Waals surface area contributed by atoms with E-state index in [4.69, 9.17) is 9.47 Å². The molecule has 8 nitrogen and oxygen atoms in total. The van der Waals surface area contributed by atoms with E-state index in [1.807, 2.05) is 0 Å². The van der Waals surface area contributed by atoms with Crippen molar-refractivity contribution in [2.45, 2.75) is 6.92 Å². The summed E-state index contributed by atoms with van der Waals surface area (Å²) in [6.45, 7) is 1.66. The Labute approximate surface area is 130 Å². The second kappa shape index (κ2) is 5.56. The van der Waals surface area contributed by atoms with Gasteiger partial charge in [0.25, 0.3) is 11.1 Å². The molecule has 2 heterocycles. The molecule has 0 saturated carbocycles. The molecule has 3 aromatic rings. The topological polar surface area (TPSA) is 99.1 Å². The third-order valence-corrected chi connectivity index (χ3v) is 3.35. The van der Waals surface area contributed by atoms with Gasteiger partial charge >= 0.3 is 0 Å². The van der Waals surface area contributed by atoms with Crippen molar-refractivity contribution < 1.29 is 9.47 Å². The molecule has 0 unspecified atom stereocenters. The smallest absolute Gasteiger partial charge is 0.285 e. The number of fused-ring (bicyclic) bond motifs is 1. The minimum absolute atomic E-state index is 0.0479. The van der Waals surface area contributed by atoms with Crippen molar-refractivity contribution in [1.29, 1.82) is 0 Å². The maximum absolute atomic E-state index is 12.8. The largest absolute Gasteiger partial charge is 0.493 e. The summed E-state index contributed by atoms with van der Waals surface area (Å²) >= 11 is 0. The van der Waals surface area contributed by atoms with Gasteiger partial charge in [0.2, 0.25) is 5.95 Å². The number of benzene rings is 1. The summed E-state index contributed by atoms with van der Waals surface area (Å²) in [6, 6.07) is 4.74. The highest BCUT2D eigenvalue weighted by atomic mass is 16.5. The lowest BCUT2D eigenvalue weighted by Crippen LogP contribution is -2.26. The van der Waals surface area contributed by atoms with E-state index in [1.54, 1.807) is 19.1 Å². The fraction of sp³-hybridized carbons (Fsp3) is 0.200. The Balaban J connectivity index is 2.38. The van der Waals surface area contributed by atoms with Crippen LogP contribution in [0.25, 0.3) is 16.7 Å². The first-order valence-corrected chi connectivity index (χ1v) is 6.76. The average molecular weight is 314 g/mol. The molecule has 0 fully saturated rings. The van der Waals surface area contributed by atoms with Crippen LogP contribution in [0.1, 0.15) is 5.69 Å². The molecule has 23 heavy (non-hydrogen) atoms. The third kappa shape index (κ3) is 2.44. The van der Waals surface area contributed by atoms with Crippen molar-refractivity contribution in [3.63, 3.8) is 0 Å². The maximum atomic E-state index is 12.8. The van der Waals surface area contributed by atoms with Gasteiger partial charge in [-0.1, -0.05) is 0 Å². The van der Waals surface area contributed by atoms with Crippen LogP contribution >= 0.6 is 0 Å². The number of aromatic amines is 1. The maximum Gasteiger partial charge on any atom is 0.285 e. The number of nitrogens with zero attached hydrogens (tertiary/aromatic N) is 3. The fourth-order valence-electron chi connectivity index (χ4n) is 2.36. The second-order valence-corrected chi connectivity index (χ2v) is 4.84. The molecular formula is C15H14N4O4. The van der Waals surface area contributed by atoms with Crippen LogP contribution in [-0.4, -0.2) is 34.0 Å². The third-order valence-electron chi connectivity index (χ3n) is 3.35. The van der Waals surface area contributed by atoms with Crippen molar-refractivity contribution in [1.82, 2.24) is 19.7 Å². The quantitative estimate of drug-likeness (QED) is 0.767. The lowest BCUT2D eigenvalue weighted by atomic mass is 10.1. The molecule has 1 N–H and O–H groups in total. The van der Waals surface area contributed by atoms with Gasteiger partial charge in [-0.25, -0.2) is 4.98 Å². The number of hydrogen-bond acceptors (Lipinski definition) is 6. The molecule has 8 heteroatoms. The molecule has 0 bridgehead atoms. The number of aryl methyl sites for hydroxylation is 1. The highest BCUT2D eigenvalue weighted by Gasteiger charge is 2.16. The van der Waals surface area contributed by atoms with Crippen molar-refractivity contribution in [2.75, 3.05) is 14.2 Å². The standard InChI is InChI=1S/C15H14N4O4/c1-8-6-11(20)18-15(17-8)19-14(21)12-9(7-16-19)4-5-10(22-2)13(12)23-3/h4-7H,1-3H3,(H,17,18,20). The molecule has 0 aliphatic carbocycles. The first-order chi connectivity index (χ1) is 11.0. The molecular weight excluding hydrogens is 300 g/mol. The van der Waals surface area contributed by atoms with E-state index in [0.717, 1.165) is 4.68 Å². The molecule has 0 aliphatic heterocycles. The fourth-order valence-corrected chi connectivity index (χ4v) is 2.36. The molecule has 0 amide bonds. The Morgan fingerprint density at radius 1 is 1.17 bits per heavy atom. The van der Waals surface area contributed by atoms with Crippen LogP contribution in [-0.2, 0) is 0 Å². The summed E-state index contributed by atoms with van der Waals surface area (Å²) < 4.78 is 11.6. The molecule has 118 valence electrons. The summed E-state index contributed by atoms with van der Waals surface area (Å²) in [5, 5.41) is 4.96. The van der Waals surface area contributed by atoms with E-state index in [-0.39, 0.29) is 11.5 Å². The van der Waals surface area contributed by atoms with Crippen LogP contribution in [0.15, 0.2) is 34.0 Å². The van der Waals surface area contributed by atoms with Crippen LogP contribution < -0.4 is 20.6 Å². The van der Waals surface area contributed by atoms with E-state index in [2.05, 4.69) is 15.1 Å². The summed E-state index contributed by atoms with van der Waals surface area (Å²) in [5.74, 6) is 0.786. The highest BCUT2D eigenvalue weighted by molar-refractivity contribution is 5.89. The lowest BCUT2D eigenvalue weighted by Gasteiger charge is -2.11. The van der Waals surface area contributed by atoms with Crippen LogP contribution in [0.5, 0.6) is 11.5 Å². The molecule has 0 saturated heterocycles. The lowest BCUT2D eigenvalue weighted by molar-refractivity contribution is 0.358. The van der Waals surface area contributed by atoms with Crippen molar-refractivity contribution in [2.24, 2.45) is 0 Å². The molecule has 1 aromatic carbocycles. The first-order valence-electron chi connectivity index (χ1n) is 6.76. The van der Waals surface area contributed by atoms with Gasteiger partial charge in [0.05, 0.1) is 25.8 Å². The Morgan fingerprint density at radius 3 is 2.61 bits per heavy atom. The van der Waals surface area contributed by atoms with Gasteiger partial charge in [0.1, 0.15) is 0 Å². The number of hydrogen-bond donors (Lipinski definition) is 1. The number of H-pyrrole nitrogens is 1. The second-order valence-electron chi connectivity index (χ2n) is 4.84. The Kier molecular flexibility index (Phi) is 3.57. The minimum Gasteiger partial charge on any atom is -0.493 e. The zero-order valence-corrected chi connectivity index (χ0v) is 12.8. The van der Waals surface area contributed by atoms with Gasteiger partial charge in [-0.3, -0.25) is 14.6 Å². The number of ether oxygens (including phenoxy) is 2. The first kappa shape index (κ1) is 14.8. The number of aromatic nitrogens is 4. The van der Waals surface area contributed by atoms with Crippen molar-refractivity contribution in [3.8, 4) is 17.4 Å². The summed E-state index contributed by atoms with van der Waals surface area (Å²) in [6.07, 6.45) is 1.50. The SMILES string of the molecule is COc1ccc2cnn(-c3nc(C)cc(=O)[nH]3)c(=O)c2c1OC. The highest BCUT2D eigenvalue weighted by Crippen LogP contribution is 2.32. The van der Waals surface area contributed by atoms with Crippen molar-refractivity contribution in [3.05, 3.63) is 50.8 Å². The van der Waals surface area contributed by atoms with E-state index < -0.39 is 5.56 Å². The molecule has 0 spiro atoms. The summed E-state index contributed by atoms with van der Waals surface area (Å²) in [5.41, 5.74) is -0.346. The number of methoxy groups -OCH3 is 2. The summed E-state index contributed by atoms with van der Waals surface area (Å²) in [7, 11) is 2.94. The minimum atomic E-state index is -0.466. The van der Waals surface area contributed by atoms with E-state index in [0.29, 0.717) is 28.0 Å². The zero-order valence-electron chi connectivity index (χ0n) is 12.8. The van der Waals surface area contributed by atoms with Crippen LogP contribution in [0.2, 0.25) is 0 Å². The van der Waals surface area contributed by atoms with E-state index >= 15 is 0 Å². The number of rotatable bonds is 3. The molecule has 3 rings (SSSR count). The van der Waals surface area contributed by atoms with E-state index in [1.165, 1.54) is 26.5 Å².